The predicted molar refractivity (Wildman–Crippen MR) is 129 cm³/mol. The molecule has 2 aromatic carbocycles. The number of alkyl halides is 3. The van der Waals surface area contributed by atoms with Crippen molar-refractivity contribution in [2.45, 2.75) is 35.8 Å². The quantitative estimate of drug-likeness (QED) is 0.459. The Kier molecular flexibility index (Phi) is 7.48. The van der Waals surface area contributed by atoms with Crippen LogP contribution in [0, 0.1) is 0 Å². The Morgan fingerprint density at radius 2 is 1.63 bits per heavy atom. The van der Waals surface area contributed by atoms with Crippen LogP contribution >= 0.6 is 11.3 Å². The third-order valence-corrected chi connectivity index (χ3v) is 9.19. The second-order valence-electron chi connectivity index (χ2n) is 8.14. The van der Waals surface area contributed by atoms with Crippen LogP contribution in [-0.2, 0) is 22.7 Å². The number of nitrogens with zero attached hydrogens (tertiary/aromatic N) is 1. The van der Waals surface area contributed by atoms with Crippen LogP contribution in [0.3, 0.4) is 0 Å². The number of carbonyl (C=O) groups is 1. The van der Waals surface area contributed by atoms with Gasteiger partial charge in [0.1, 0.15) is 4.21 Å². The van der Waals surface area contributed by atoms with Gasteiger partial charge in [-0.3, -0.25) is 4.79 Å². The van der Waals surface area contributed by atoms with E-state index in [1.807, 2.05) is 6.07 Å². The van der Waals surface area contributed by atoms with Gasteiger partial charge in [-0.15, -0.1) is 11.3 Å². The average molecular weight is 524 g/mol. The fourth-order valence-corrected chi connectivity index (χ4v) is 6.81. The lowest BCUT2D eigenvalue weighted by Crippen LogP contribution is -2.42. The normalized spacial score (nSPS) is 15.6. The van der Waals surface area contributed by atoms with Crippen molar-refractivity contribution < 1.29 is 26.4 Å². The number of sulfonamides is 1. The SMILES string of the molecule is O=C(NCc1ccc(S(=O)(=O)N2CCC(Nc3ccccc3C(F)(F)F)CC2)s1)c1ccccc1. The molecule has 2 N–H and O–H groups in total. The Balaban J connectivity index is 1.34. The van der Waals surface area contributed by atoms with E-state index in [9.17, 15) is 26.4 Å². The number of nitrogens with one attached hydrogen (secondary N) is 2. The van der Waals surface area contributed by atoms with Crippen molar-refractivity contribution in [3.05, 3.63) is 82.7 Å². The maximum absolute atomic E-state index is 13.2. The van der Waals surface area contributed by atoms with E-state index in [4.69, 9.17) is 0 Å². The monoisotopic (exact) mass is 523 g/mol. The predicted octanol–water partition coefficient (Wildman–Crippen LogP) is 4.96. The molecule has 1 saturated heterocycles. The molecule has 6 nitrogen and oxygen atoms in total. The van der Waals surface area contributed by atoms with Crippen molar-refractivity contribution in [2.24, 2.45) is 0 Å². The molecule has 0 spiro atoms. The first kappa shape index (κ1) is 25.2. The molecule has 35 heavy (non-hydrogen) atoms. The summed E-state index contributed by atoms with van der Waals surface area (Å²) in [4.78, 5) is 12.9. The third kappa shape index (κ3) is 6.03. The van der Waals surface area contributed by atoms with E-state index in [1.165, 1.54) is 28.6 Å². The molecule has 1 fully saturated rings. The van der Waals surface area contributed by atoms with Gasteiger partial charge in [0, 0.05) is 35.3 Å². The number of rotatable bonds is 7. The van der Waals surface area contributed by atoms with Gasteiger partial charge in [-0.1, -0.05) is 30.3 Å². The Bertz CT molecular complexity index is 1270. The molecular formula is C24H24F3N3O3S2. The summed E-state index contributed by atoms with van der Waals surface area (Å²) in [7, 11) is -3.73. The molecule has 0 saturated carbocycles. The lowest BCUT2D eigenvalue weighted by molar-refractivity contribution is -0.137. The second kappa shape index (κ2) is 10.4. The molecule has 4 rings (SSSR count). The Morgan fingerprint density at radius 3 is 2.31 bits per heavy atom. The van der Waals surface area contributed by atoms with E-state index in [1.54, 1.807) is 30.3 Å². The Labute approximate surface area is 205 Å². The Morgan fingerprint density at radius 1 is 0.971 bits per heavy atom. The first-order valence-electron chi connectivity index (χ1n) is 11.0. The van der Waals surface area contributed by atoms with Crippen LogP contribution in [0.5, 0.6) is 0 Å². The van der Waals surface area contributed by atoms with Crippen LogP contribution in [0.15, 0.2) is 70.9 Å². The van der Waals surface area contributed by atoms with Crippen LogP contribution in [0.25, 0.3) is 0 Å². The molecule has 11 heteroatoms. The highest BCUT2D eigenvalue weighted by molar-refractivity contribution is 7.91. The van der Waals surface area contributed by atoms with E-state index >= 15 is 0 Å². The zero-order valence-corrected chi connectivity index (χ0v) is 20.2. The largest absolute Gasteiger partial charge is 0.418 e. The molecule has 0 bridgehead atoms. The van der Waals surface area contributed by atoms with Gasteiger partial charge in [0.25, 0.3) is 15.9 Å². The molecule has 0 radical (unpaired) electrons. The molecule has 1 aliphatic heterocycles. The topological polar surface area (TPSA) is 78.5 Å². The summed E-state index contributed by atoms with van der Waals surface area (Å²) in [6.45, 7) is 0.608. The fourth-order valence-electron chi connectivity index (χ4n) is 3.89. The third-order valence-electron chi connectivity index (χ3n) is 5.74. The molecule has 1 amide bonds. The van der Waals surface area contributed by atoms with E-state index in [0.717, 1.165) is 17.4 Å². The van der Waals surface area contributed by atoms with E-state index in [2.05, 4.69) is 10.6 Å². The van der Waals surface area contributed by atoms with E-state index < -0.39 is 21.8 Å². The van der Waals surface area contributed by atoms with Crippen molar-refractivity contribution in [3.8, 4) is 0 Å². The van der Waals surface area contributed by atoms with Crippen LogP contribution in [0.1, 0.15) is 33.6 Å². The lowest BCUT2D eigenvalue weighted by atomic mass is 10.0. The van der Waals surface area contributed by atoms with Crippen molar-refractivity contribution in [2.75, 3.05) is 18.4 Å². The number of hydrogen-bond acceptors (Lipinski definition) is 5. The maximum atomic E-state index is 13.2. The number of benzene rings is 2. The molecule has 0 aliphatic carbocycles. The molecule has 0 atom stereocenters. The minimum atomic E-state index is -4.47. The zero-order chi connectivity index (χ0) is 25.1. The van der Waals surface area contributed by atoms with Gasteiger partial charge in [-0.2, -0.15) is 17.5 Å². The molecule has 1 aliphatic rings. The highest BCUT2D eigenvalue weighted by Crippen LogP contribution is 2.35. The average Bonchev–Trinajstić information content (AvgIpc) is 3.33. The standard InChI is InChI=1S/C24H24F3N3O3S2/c25-24(26,27)20-8-4-5-9-21(20)29-18-12-14-30(15-13-18)35(32,33)22-11-10-19(34-22)16-28-23(31)17-6-2-1-3-7-17/h1-11,18,29H,12-16H2,(H,28,31). The molecule has 0 unspecified atom stereocenters. The van der Waals surface area contributed by atoms with Gasteiger partial charge >= 0.3 is 6.18 Å². The van der Waals surface area contributed by atoms with Crippen molar-refractivity contribution >= 4 is 33.0 Å². The summed E-state index contributed by atoms with van der Waals surface area (Å²) >= 11 is 1.09. The van der Waals surface area contributed by atoms with Crippen molar-refractivity contribution in [1.82, 2.24) is 9.62 Å². The van der Waals surface area contributed by atoms with Gasteiger partial charge in [0.2, 0.25) is 0 Å². The number of carbonyl (C=O) groups excluding carboxylic acids is 1. The van der Waals surface area contributed by atoms with E-state index in [-0.39, 0.29) is 41.5 Å². The van der Waals surface area contributed by atoms with Gasteiger partial charge in [0.05, 0.1) is 12.1 Å². The minimum Gasteiger partial charge on any atom is -0.382 e. The van der Waals surface area contributed by atoms with Gasteiger partial charge in [0.15, 0.2) is 0 Å². The smallest absolute Gasteiger partial charge is 0.382 e. The number of amides is 1. The molecular weight excluding hydrogens is 499 g/mol. The van der Waals surface area contributed by atoms with Crippen LogP contribution in [0.4, 0.5) is 18.9 Å². The highest BCUT2D eigenvalue weighted by atomic mass is 32.2. The van der Waals surface area contributed by atoms with Gasteiger partial charge in [-0.05, 0) is 49.2 Å². The summed E-state index contributed by atoms with van der Waals surface area (Å²) < 4.78 is 67.5. The van der Waals surface area contributed by atoms with Crippen LogP contribution < -0.4 is 10.6 Å². The highest BCUT2D eigenvalue weighted by Gasteiger charge is 2.35. The van der Waals surface area contributed by atoms with Gasteiger partial charge < -0.3 is 10.6 Å². The van der Waals surface area contributed by atoms with Crippen LogP contribution in [0.2, 0.25) is 0 Å². The molecule has 1 aromatic heterocycles. The lowest BCUT2D eigenvalue weighted by Gasteiger charge is -2.32. The van der Waals surface area contributed by atoms with E-state index in [0.29, 0.717) is 23.3 Å². The first-order chi connectivity index (χ1) is 16.6. The second-order valence-corrected chi connectivity index (χ2v) is 11.5. The van der Waals surface area contributed by atoms with Crippen LogP contribution in [-0.4, -0.2) is 37.8 Å². The summed E-state index contributed by atoms with van der Waals surface area (Å²) in [6.07, 6.45) is -3.70. The van der Waals surface area contributed by atoms with Gasteiger partial charge in [-0.25, -0.2) is 8.42 Å². The van der Waals surface area contributed by atoms with Crippen molar-refractivity contribution in [3.63, 3.8) is 0 Å². The summed E-state index contributed by atoms with van der Waals surface area (Å²) in [6, 6.07) is 16.9. The summed E-state index contributed by atoms with van der Waals surface area (Å²) in [5, 5.41) is 5.71. The molecule has 186 valence electrons. The Hall–Kier alpha value is -2.89. The number of hydrogen-bond donors (Lipinski definition) is 2. The summed E-state index contributed by atoms with van der Waals surface area (Å²) in [5.41, 5.74) is -0.214. The number of thiophene rings is 1. The number of para-hydroxylation sites is 1. The fraction of sp³-hybridized carbons (Fsp3) is 0.292. The summed E-state index contributed by atoms with van der Waals surface area (Å²) in [5.74, 6) is -0.245. The number of piperidine rings is 1. The molecule has 2 heterocycles. The number of halogens is 3. The van der Waals surface area contributed by atoms with Crippen molar-refractivity contribution in [1.29, 1.82) is 0 Å². The first-order valence-corrected chi connectivity index (χ1v) is 13.2. The molecule has 3 aromatic rings. The minimum absolute atomic E-state index is 0.00163. The zero-order valence-electron chi connectivity index (χ0n) is 18.6. The maximum Gasteiger partial charge on any atom is 0.418 e. The number of anilines is 1.